The van der Waals surface area contributed by atoms with Crippen LogP contribution in [0.15, 0.2) is 45.9 Å². The van der Waals surface area contributed by atoms with Crippen molar-refractivity contribution in [1.82, 2.24) is 9.88 Å². The van der Waals surface area contributed by atoms with Crippen molar-refractivity contribution in [2.75, 3.05) is 13.6 Å². The maximum Gasteiger partial charge on any atom is 0.228 e. The van der Waals surface area contributed by atoms with E-state index in [1.165, 1.54) is 0 Å². The number of aliphatic imine (C=N–C) groups is 1. The Morgan fingerprint density at radius 3 is 2.70 bits per heavy atom. The predicted molar refractivity (Wildman–Crippen MR) is 98.6 cm³/mol. The smallest absolute Gasteiger partial charge is 0.228 e. The number of benzene rings is 1. The maximum absolute atomic E-state index is 5.99. The second-order valence-electron chi connectivity index (χ2n) is 5.37. The molecule has 1 aromatic carbocycles. The highest BCUT2D eigenvalue weighted by Gasteiger charge is 2.13. The Balaban J connectivity index is 2.18. The number of halogens is 1. The van der Waals surface area contributed by atoms with Gasteiger partial charge in [0.15, 0.2) is 0 Å². The van der Waals surface area contributed by atoms with Crippen LogP contribution in [0.3, 0.4) is 0 Å². The third-order valence-electron chi connectivity index (χ3n) is 3.56. The fraction of sp³-hybridized carbons (Fsp3) is 0.333. The summed E-state index contributed by atoms with van der Waals surface area (Å²) in [5.41, 5.74) is 2.78. The molecule has 23 heavy (non-hydrogen) atoms. The molecule has 2 aromatic rings. The van der Waals surface area contributed by atoms with Gasteiger partial charge in [0.1, 0.15) is 6.10 Å². The van der Waals surface area contributed by atoms with Crippen LogP contribution in [0.4, 0.5) is 5.69 Å². The molecule has 0 N–H and O–H groups in total. The topological polar surface area (TPSA) is 37.7 Å². The lowest BCUT2D eigenvalue weighted by atomic mass is 10.1. The van der Waals surface area contributed by atoms with E-state index in [1.807, 2.05) is 68.5 Å². The minimum absolute atomic E-state index is 0.0695. The third kappa shape index (κ3) is 4.79. The van der Waals surface area contributed by atoms with Crippen molar-refractivity contribution < 1.29 is 4.74 Å². The van der Waals surface area contributed by atoms with Crippen molar-refractivity contribution in [2.45, 2.75) is 26.9 Å². The van der Waals surface area contributed by atoms with Gasteiger partial charge in [0.2, 0.25) is 5.88 Å². The summed E-state index contributed by atoms with van der Waals surface area (Å²) in [5, 5.41) is 0. The van der Waals surface area contributed by atoms with E-state index in [2.05, 4.69) is 32.8 Å². The monoisotopic (exact) mass is 375 g/mol. The average molecular weight is 376 g/mol. The molecule has 0 bridgehead atoms. The number of ether oxygens (including phenoxy) is 1. The van der Waals surface area contributed by atoms with Crippen molar-refractivity contribution in [3.05, 3.63) is 52.1 Å². The van der Waals surface area contributed by atoms with Crippen LogP contribution in [0.25, 0.3) is 0 Å². The summed E-state index contributed by atoms with van der Waals surface area (Å²) in [6.45, 7) is 6.94. The Hall–Kier alpha value is -1.88. The second kappa shape index (κ2) is 8.11. The molecule has 5 heteroatoms. The standard InChI is InChI=1S/C18H22BrN3O/c1-5-22(4)12-20-17-11-16(19)18(21-13(17)2)23-14(3)15-9-7-6-8-10-15/h6-12,14H,5H2,1-4H3/b20-12-. The van der Waals surface area contributed by atoms with Crippen molar-refractivity contribution in [2.24, 2.45) is 4.99 Å². The number of pyridine rings is 1. The molecule has 1 unspecified atom stereocenters. The van der Waals surface area contributed by atoms with Gasteiger partial charge in [-0.05, 0) is 48.3 Å². The van der Waals surface area contributed by atoms with Gasteiger partial charge in [-0.1, -0.05) is 30.3 Å². The van der Waals surface area contributed by atoms with E-state index in [4.69, 9.17) is 4.74 Å². The Labute approximate surface area is 146 Å². The molecule has 1 aromatic heterocycles. The largest absolute Gasteiger partial charge is 0.469 e. The van der Waals surface area contributed by atoms with E-state index in [0.717, 1.165) is 28.0 Å². The van der Waals surface area contributed by atoms with Crippen LogP contribution >= 0.6 is 15.9 Å². The first-order chi connectivity index (χ1) is 11.0. The third-order valence-corrected chi connectivity index (χ3v) is 4.13. The molecule has 0 aliphatic carbocycles. The number of hydrogen-bond acceptors (Lipinski definition) is 3. The fourth-order valence-corrected chi connectivity index (χ4v) is 2.36. The predicted octanol–water partition coefficient (Wildman–Crippen LogP) is 4.90. The summed E-state index contributed by atoms with van der Waals surface area (Å²) < 4.78 is 6.80. The molecule has 0 radical (unpaired) electrons. The normalized spacial score (nSPS) is 12.4. The zero-order chi connectivity index (χ0) is 16.8. The molecule has 0 saturated carbocycles. The van der Waals surface area contributed by atoms with Crippen molar-refractivity contribution >= 4 is 28.0 Å². The van der Waals surface area contributed by atoms with Gasteiger partial charge in [-0.3, -0.25) is 0 Å². The van der Waals surface area contributed by atoms with Gasteiger partial charge >= 0.3 is 0 Å². The van der Waals surface area contributed by atoms with E-state index in [9.17, 15) is 0 Å². The lowest BCUT2D eigenvalue weighted by Crippen LogP contribution is -2.14. The summed E-state index contributed by atoms with van der Waals surface area (Å²) in [6.07, 6.45) is 1.74. The van der Waals surface area contributed by atoms with E-state index < -0.39 is 0 Å². The molecular formula is C18H22BrN3O. The molecule has 0 saturated heterocycles. The Kier molecular flexibility index (Phi) is 6.16. The summed E-state index contributed by atoms with van der Waals surface area (Å²) in [6, 6.07) is 12.0. The van der Waals surface area contributed by atoms with Gasteiger partial charge in [0.05, 0.1) is 22.2 Å². The molecule has 0 spiro atoms. The molecule has 0 amide bonds. The molecule has 4 nitrogen and oxygen atoms in total. The molecule has 122 valence electrons. The van der Waals surface area contributed by atoms with Crippen LogP contribution in [0.5, 0.6) is 5.88 Å². The first-order valence-corrected chi connectivity index (χ1v) is 8.43. The average Bonchev–Trinajstić information content (AvgIpc) is 2.57. The maximum atomic E-state index is 5.99. The van der Waals surface area contributed by atoms with Gasteiger partial charge in [0, 0.05) is 13.6 Å². The highest BCUT2D eigenvalue weighted by atomic mass is 79.9. The quantitative estimate of drug-likeness (QED) is 0.531. The lowest BCUT2D eigenvalue weighted by molar-refractivity contribution is 0.215. The van der Waals surface area contributed by atoms with Crippen LogP contribution in [0.1, 0.15) is 31.2 Å². The molecular weight excluding hydrogens is 354 g/mol. The number of aryl methyl sites for hydroxylation is 1. The van der Waals surface area contributed by atoms with Crippen LogP contribution in [0, 0.1) is 6.92 Å². The van der Waals surface area contributed by atoms with Gasteiger partial charge in [0.25, 0.3) is 0 Å². The molecule has 0 aliphatic rings. The number of rotatable bonds is 6. The zero-order valence-electron chi connectivity index (χ0n) is 14.0. The summed E-state index contributed by atoms with van der Waals surface area (Å²) in [7, 11) is 1.99. The highest BCUT2D eigenvalue weighted by Crippen LogP contribution is 2.32. The highest BCUT2D eigenvalue weighted by molar-refractivity contribution is 9.10. The van der Waals surface area contributed by atoms with Crippen molar-refractivity contribution in [1.29, 1.82) is 0 Å². The van der Waals surface area contributed by atoms with Crippen LogP contribution in [-0.4, -0.2) is 29.8 Å². The fourth-order valence-electron chi connectivity index (χ4n) is 1.96. The summed E-state index contributed by atoms with van der Waals surface area (Å²) >= 11 is 3.53. The first-order valence-electron chi connectivity index (χ1n) is 7.64. The molecule has 2 rings (SSSR count). The molecule has 0 fully saturated rings. The first kappa shape index (κ1) is 17.5. The van der Waals surface area contributed by atoms with Crippen LogP contribution in [0.2, 0.25) is 0 Å². The molecule has 0 aliphatic heterocycles. The SMILES string of the molecule is CCN(C)/C=N\c1cc(Br)c(OC(C)c2ccccc2)nc1C. The van der Waals surface area contributed by atoms with E-state index in [0.29, 0.717) is 5.88 Å². The van der Waals surface area contributed by atoms with Crippen molar-refractivity contribution in [3.63, 3.8) is 0 Å². The summed E-state index contributed by atoms with van der Waals surface area (Å²) in [5.74, 6) is 0.585. The Morgan fingerprint density at radius 1 is 1.35 bits per heavy atom. The van der Waals surface area contributed by atoms with E-state index in [-0.39, 0.29) is 6.10 Å². The lowest BCUT2D eigenvalue weighted by Gasteiger charge is -2.16. The minimum Gasteiger partial charge on any atom is -0.469 e. The number of aromatic nitrogens is 1. The summed E-state index contributed by atoms with van der Waals surface area (Å²) in [4.78, 5) is 11.0. The van der Waals surface area contributed by atoms with Gasteiger partial charge in [-0.15, -0.1) is 0 Å². The van der Waals surface area contributed by atoms with Crippen LogP contribution in [-0.2, 0) is 0 Å². The number of nitrogens with zero attached hydrogens (tertiary/aromatic N) is 3. The zero-order valence-corrected chi connectivity index (χ0v) is 15.5. The van der Waals surface area contributed by atoms with Crippen LogP contribution < -0.4 is 4.74 Å². The molecule has 1 atom stereocenters. The minimum atomic E-state index is -0.0695. The van der Waals surface area contributed by atoms with Crippen molar-refractivity contribution in [3.8, 4) is 5.88 Å². The molecule has 1 heterocycles. The Morgan fingerprint density at radius 2 is 2.04 bits per heavy atom. The second-order valence-corrected chi connectivity index (χ2v) is 6.22. The Bertz CT molecular complexity index is 673. The van der Waals surface area contributed by atoms with Gasteiger partial charge in [-0.25, -0.2) is 9.98 Å². The van der Waals surface area contributed by atoms with Gasteiger partial charge in [-0.2, -0.15) is 0 Å². The van der Waals surface area contributed by atoms with Gasteiger partial charge < -0.3 is 9.64 Å². The van der Waals surface area contributed by atoms with E-state index >= 15 is 0 Å². The number of hydrogen-bond donors (Lipinski definition) is 0. The van der Waals surface area contributed by atoms with E-state index in [1.54, 1.807) is 0 Å².